The van der Waals surface area contributed by atoms with Gasteiger partial charge in [-0.3, -0.25) is 19.9 Å². The molecule has 4 amide bonds. The number of ether oxygens (including phenoxy) is 1. The predicted molar refractivity (Wildman–Crippen MR) is 105 cm³/mol. The number of carbonyl (C=O) groups is 3. The quantitative estimate of drug-likeness (QED) is 0.589. The second-order valence-electron chi connectivity index (χ2n) is 6.52. The average Bonchev–Trinajstić information content (AvgIpc) is 3.01. The fraction of sp³-hybridized carbons (Fsp3) is 0.238. The van der Waals surface area contributed by atoms with E-state index in [1.807, 2.05) is 24.4 Å². The molecule has 2 heterocycles. The molecule has 8 heteroatoms. The van der Waals surface area contributed by atoms with E-state index in [0.717, 1.165) is 11.1 Å². The zero-order valence-electron chi connectivity index (χ0n) is 16.1. The first-order chi connectivity index (χ1) is 14.0. The normalized spacial score (nSPS) is 13.0. The van der Waals surface area contributed by atoms with Gasteiger partial charge in [0.25, 0.3) is 5.91 Å². The van der Waals surface area contributed by atoms with Crippen molar-refractivity contribution in [1.29, 1.82) is 0 Å². The van der Waals surface area contributed by atoms with Crippen molar-refractivity contribution in [1.82, 2.24) is 20.5 Å². The Morgan fingerprint density at radius 1 is 1.38 bits per heavy atom. The van der Waals surface area contributed by atoms with Crippen LogP contribution in [0.2, 0.25) is 0 Å². The number of fused-ring (bicyclic) bond motifs is 1. The zero-order chi connectivity index (χ0) is 20.8. The molecule has 1 aromatic carbocycles. The molecule has 2 N–H and O–H groups in total. The van der Waals surface area contributed by atoms with Crippen molar-refractivity contribution in [2.75, 3.05) is 13.7 Å². The van der Waals surface area contributed by atoms with Crippen LogP contribution in [0.3, 0.4) is 0 Å². The number of nitrogens with one attached hydrogen (secondary N) is 2. The summed E-state index contributed by atoms with van der Waals surface area (Å²) in [5, 5.41) is 4.63. The molecule has 1 aliphatic rings. The lowest BCUT2D eigenvalue weighted by molar-refractivity contribution is -0.108. The summed E-state index contributed by atoms with van der Waals surface area (Å²) in [5.41, 5.74) is 3.09. The molecule has 2 aromatic rings. The van der Waals surface area contributed by atoms with E-state index in [4.69, 9.17) is 4.74 Å². The first kappa shape index (κ1) is 19.9. The molecule has 0 aliphatic carbocycles. The van der Waals surface area contributed by atoms with Gasteiger partial charge in [-0.25, -0.2) is 4.79 Å². The Hall–Kier alpha value is -3.86. The van der Waals surface area contributed by atoms with Crippen LogP contribution in [-0.2, 0) is 11.3 Å². The minimum Gasteiger partial charge on any atom is -0.497 e. The molecule has 0 saturated carbocycles. The summed E-state index contributed by atoms with van der Waals surface area (Å²) in [5.74, 6) is 6.35. The van der Waals surface area contributed by atoms with Crippen molar-refractivity contribution in [3.63, 3.8) is 0 Å². The van der Waals surface area contributed by atoms with Crippen molar-refractivity contribution in [2.24, 2.45) is 0 Å². The first-order valence-electron chi connectivity index (χ1n) is 8.90. The summed E-state index contributed by atoms with van der Waals surface area (Å²) in [7, 11) is 1.54. The Morgan fingerprint density at radius 3 is 2.93 bits per heavy atom. The van der Waals surface area contributed by atoms with E-state index in [1.165, 1.54) is 0 Å². The molecular formula is C21H20N4O4. The molecule has 1 atom stereocenters. The van der Waals surface area contributed by atoms with Gasteiger partial charge in [0.1, 0.15) is 11.8 Å². The van der Waals surface area contributed by atoms with Gasteiger partial charge in [-0.1, -0.05) is 17.9 Å². The van der Waals surface area contributed by atoms with E-state index < -0.39 is 12.1 Å². The maximum Gasteiger partial charge on any atom is 0.322 e. The molecule has 148 valence electrons. The first-order valence-corrected chi connectivity index (χ1v) is 8.90. The van der Waals surface area contributed by atoms with Crippen molar-refractivity contribution in [2.45, 2.75) is 19.5 Å². The van der Waals surface area contributed by atoms with Crippen LogP contribution in [0.15, 0.2) is 36.7 Å². The number of imide groups is 1. The number of pyridine rings is 1. The van der Waals surface area contributed by atoms with Crippen LogP contribution in [0, 0.1) is 18.8 Å². The Labute approximate surface area is 168 Å². The van der Waals surface area contributed by atoms with Crippen molar-refractivity contribution in [3.8, 4) is 17.6 Å². The number of methoxy groups -OCH3 is 1. The Kier molecular flexibility index (Phi) is 6.09. The maximum atomic E-state index is 12.8. The standard InChI is InChI=1S/C21H20N4O4/c1-14-7-15(10-22-9-14)3-5-17(24-21(28)23-13-26)12-25-11-16-4-6-18(29-2)8-19(16)20(25)27/h4,6-10,13,17H,11-12H2,1-2H3,(H2,23,24,26,28)/t17-/m1/s1. The van der Waals surface area contributed by atoms with Crippen LogP contribution in [0.25, 0.3) is 0 Å². The number of benzene rings is 1. The minimum atomic E-state index is -0.688. The number of aryl methyl sites for hydroxylation is 1. The molecule has 29 heavy (non-hydrogen) atoms. The lowest BCUT2D eigenvalue weighted by Gasteiger charge is -2.21. The second kappa shape index (κ2) is 8.89. The smallest absolute Gasteiger partial charge is 0.322 e. The summed E-state index contributed by atoms with van der Waals surface area (Å²) in [6.07, 6.45) is 3.62. The predicted octanol–water partition coefficient (Wildman–Crippen LogP) is 1.23. The maximum absolute atomic E-state index is 12.8. The highest BCUT2D eigenvalue weighted by Crippen LogP contribution is 2.26. The molecular weight excluding hydrogens is 372 g/mol. The highest BCUT2D eigenvalue weighted by atomic mass is 16.5. The molecule has 0 spiro atoms. The molecule has 8 nitrogen and oxygen atoms in total. The lowest BCUT2D eigenvalue weighted by atomic mass is 10.1. The molecule has 1 aliphatic heterocycles. The molecule has 0 bridgehead atoms. The number of hydrogen-bond donors (Lipinski definition) is 2. The van der Waals surface area contributed by atoms with Crippen LogP contribution < -0.4 is 15.4 Å². The number of hydrogen-bond acceptors (Lipinski definition) is 5. The summed E-state index contributed by atoms with van der Waals surface area (Å²) in [6, 6.07) is 5.84. The van der Waals surface area contributed by atoms with E-state index in [0.29, 0.717) is 23.4 Å². The average molecular weight is 392 g/mol. The molecule has 1 aromatic heterocycles. The number of aromatic nitrogens is 1. The van der Waals surface area contributed by atoms with Gasteiger partial charge < -0.3 is 15.0 Å². The van der Waals surface area contributed by atoms with Gasteiger partial charge in [-0.15, -0.1) is 0 Å². The van der Waals surface area contributed by atoms with Crippen molar-refractivity contribution >= 4 is 18.3 Å². The summed E-state index contributed by atoms with van der Waals surface area (Å²) in [6.45, 7) is 2.47. The van der Waals surface area contributed by atoms with Crippen LogP contribution >= 0.6 is 0 Å². The molecule has 3 rings (SSSR count). The highest BCUT2D eigenvalue weighted by molar-refractivity contribution is 5.98. The largest absolute Gasteiger partial charge is 0.497 e. The van der Waals surface area contributed by atoms with E-state index in [-0.39, 0.29) is 18.9 Å². The molecule has 0 unspecified atom stereocenters. The fourth-order valence-electron chi connectivity index (χ4n) is 3.01. The van der Waals surface area contributed by atoms with Gasteiger partial charge in [-0.2, -0.15) is 0 Å². The monoisotopic (exact) mass is 392 g/mol. The lowest BCUT2D eigenvalue weighted by Crippen LogP contribution is -2.46. The Morgan fingerprint density at radius 2 is 2.21 bits per heavy atom. The van der Waals surface area contributed by atoms with Crippen LogP contribution in [0.4, 0.5) is 4.79 Å². The van der Waals surface area contributed by atoms with Gasteiger partial charge in [0, 0.05) is 30.1 Å². The summed E-state index contributed by atoms with van der Waals surface area (Å²) < 4.78 is 5.18. The van der Waals surface area contributed by atoms with Gasteiger partial charge >= 0.3 is 6.03 Å². The third-order valence-electron chi connectivity index (χ3n) is 4.36. The van der Waals surface area contributed by atoms with Crippen LogP contribution in [0.5, 0.6) is 5.75 Å². The minimum absolute atomic E-state index is 0.161. The van der Waals surface area contributed by atoms with Crippen molar-refractivity contribution < 1.29 is 19.1 Å². The fourth-order valence-corrected chi connectivity index (χ4v) is 3.01. The van der Waals surface area contributed by atoms with Crippen molar-refractivity contribution in [3.05, 3.63) is 58.9 Å². The number of urea groups is 1. The van der Waals surface area contributed by atoms with E-state index in [2.05, 4.69) is 22.1 Å². The van der Waals surface area contributed by atoms with Crippen LogP contribution in [0.1, 0.15) is 27.0 Å². The SMILES string of the molecule is COc1ccc2c(c1)C(=O)N(C[C@@H](C#Cc1cncc(C)c1)NC(=O)NC=O)C2. The van der Waals surface area contributed by atoms with Gasteiger partial charge in [0.2, 0.25) is 6.41 Å². The second-order valence-corrected chi connectivity index (χ2v) is 6.52. The summed E-state index contributed by atoms with van der Waals surface area (Å²) >= 11 is 0. The van der Waals surface area contributed by atoms with E-state index >= 15 is 0 Å². The summed E-state index contributed by atoms with van der Waals surface area (Å²) in [4.78, 5) is 40.8. The number of carbonyl (C=O) groups excluding carboxylic acids is 3. The van der Waals surface area contributed by atoms with Gasteiger partial charge in [0.05, 0.1) is 13.7 Å². The third kappa shape index (κ3) is 4.90. The zero-order valence-corrected chi connectivity index (χ0v) is 16.1. The van der Waals surface area contributed by atoms with Crippen LogP contribution in [-0.4, -0.2) is 47.9 Å². The van der Waals surface area contributed by atoms with Gasteiger partial charge in [-0.05, 0) is 36.2 Å². The Bertz CT molecular complexity index is 1010. The van der Waals surface area contributed by atoms with Gasteiger partial charge in [0.15, 0.2) is 0 Å². The number of amides is 4. The Balaban J connectivity index is 1.79. The topological polar surface area (TPSA) is 101 Å². The highest BCUT2D eigenvalue weighted by Gasteiger charge is 2.29. The number of rotatable bonds is 5. The molecule has 0 radical (unpaired) electrons. The third-order valence-corrected chi connectivity index (χ3v) is 4.36. The van der Waals surface area contributed by atoms with E-state index in [9.17, 15) is 14.4 Å². The van der Waals surface area contributed by atoms with E-state index in [1.54, 1.807) is 36.5 Å². The molecule has 0 saturated heterocycles. The molecule has 0 fully saturated rings. The number of nitrogens with zero attached hydrogens (tertiary/aromatic N) is 2.